The van der Waals surface area contributed by atoms with Crippen molar-refractivity contribution < 1.29 is 4.39 Å². The fraction of sp³-hybridized carbons (Fsp3) is 0.111. The van der Waals surface area contributed by atoms with Crippen LogP contribution in [0.25, 0.3) is 10.9 Å². The van der Waals surface area contributed by atoms with E-state index in [1.165, 1.54) is 6.07 Å². The average molecular weight is 228 g/mol. The molecule has 12 heavy (non-hydrogen) atoms. The zero-order valence-electron chi connectivity index (χ0n) is 6.49. The van der Waals surface area contributed by atoms with E-state index in [0.29, 0.717) is 5.52 Å². The molecule has 1 aromatic carbocycles. The van der Waals surface area contributed by atoms with Crippen LogP contribution in [-0.4, -0.2) is 4.98 Å². The van der Waals surface area contributed by atoms with Crippen molar-refractivity contribution in [1.82, 2.24) is 4.98 Å². The normalized spacial score (nSPS) is 10.9. The number of hydrogen-bond donors (Lipinski definition) is 1. The molecule has 2 aromatic rings. The SMILES string of the molecule is Cc1cc2c(Br)ccc(F)c2[nH]1. The Bertz CT molecular complexity index is 394. The van der Waals surface area contributed by atoms with Gasteiger partial charge in [0.2, 0.25) is 0 Å². The lowest BCUT2D eigenvalue weighted by molar-refractivity contribution is 0.637. The first-order valence-electron chi connectivity index (χ1n) is 3.62. The second-order valence-corrected chi connectivity index (χ2v) is 3.62. The maximum Gasteiger partial charge on any atom is 0.147 e. The van der Waals surface area contributed by atoms with Gasteiger partial charge in [-0.2, -0.15) is 0 Å². The van der Waals surface area contributed by atoms with Gasteiger partial charge in [-0.05, 0) is 25.1 Å². The molecule has 0 aliphatic carbocycles. The molecule has 0 saturated carbocycles. The molecule has 1 heterocycles. The first kappa shape index (κ1) is 7.80. The van der Waals surface area contributed by atoms with Gasteiger partial charge in [-0.15, -0.1) is 0 Å². The summed E-state index contributed by atoms with van der Waals surface area (Å²) in [5.41, 5.74) is 1.54. The van der Waals surface area contributed by atoms with E-state index in [2.05, 4.69) is 20.9 Å². The van der Waals surface area contributed by atoms with E-state index in [1.807, 2.05) is 13.0 Å². The molecule has 0 saturated heterocycles. The third kappa shape index (κ3) is 1.05. The summed E-state index contributed by atoms with van der Waals surface area (Å²) < 4.78 is 14.0. The lowest BCUT2D eigenvalue weighted by Gasteiger charge is -1.94. The Labute approximate surface area is 77.7 Å². The van der Waals surface area contributed by atoms with Crippen molar-refractivity contribution in [2.75, 3.05) is 0 Å². The van der Waals surface area contributed by atoms with Crippen LogP contribution in [0, 0.1) is 12.7 Å². The Hall–Kier alpha value is -0.830. The maximum absolute atomic E-state index is 13.1. The quantitative estimate of drug-likeness (QED) is 0.711. The van der Waals surface area contributed by atoms with Crippen LogP contribution in [0.4, 0.5) is 4.39 Å². The highest BCUT2D eigenvalue weighted by molar-refractivity contribution is 9.10. The lowest BCUT2D eigenvalue weighted by Crippen LogP contribution is -1.77. The van der Waals surface area contributed by atoms with Crippen LogP contribution in [0.15, 0.2) is 22.7 Å². The van der Waals surface area contributed by atoms with Gasteiger partial charge in [-0.1, -0.05) is 15.9 Å². The third-order valence-electron chi connectivity index (χ3n) is 1.82. The van der Waals surface area contributed by atoms with Crippen LogP contribution in [-0.2, 0) is 0 Å². The number of aryl methyl sites for hydroxylation is 1. The number of benzene rings is 1. The number of nitrogens with one attached hydrogen (secondary N) is 1. The molecule has 0 aliphatic rings. The molecule has 0 amide bonds. The molecule has 3 heteroatoms. The first-order chi connectivity index (χ1) is 5.68. The van der Waals surface area contributed by atoms with Crippen molar-refractivity contribution >= 4 is 26.8 Å². The Morgan fingerprint density at radius 1 is 1.42 bits per heavy atom. The molecular weight excluding hydrogens is 221 g/mol. The van der Waals surface area contributed by atoms with Crippen LogP contribution in [0.2, 0.25) is 0 Å². The highest BCUT2D eigenvalue weighted by atomic mass is 79.9. The van der Waals surface area contributed by atoms with Gasteiger partial charge in [-0.25, -0.2) is 4.39 Å². The van der Waals surface area contributed by atoms with Gasteiger partial charge >= 0.3 is 0 Å². The number of aromatic nitrogens is 1. The van der Waals surface area contributed by atoms with E-state index in [4.69, 9.17) is 0 Å². The minimum absolute atomic E-state index is 0.207. The van der Waals surface area contributed by atoms with Gasteiger partial charge in [0.05, 0.1) is 5.52 Å². The van der Waals surface area contributed by atoms with E-state index >= 15 is 0 Å². The molecule has 0 atom stereocenters. The molecule has 1 nitrogen and oxygen atoms in total. The Morgan fingerprint density at radius 2 is 2.17 bits per heavy atom. The summed E-state index contributed by atoms with van der Waals surface area (Å²) in [5.74, 6) is -0.207. The van der Waals surface area contributed by atoms with Gasteiger partial charge in [0.25, 0.3) is 0 Å². The van der Waals surface area contributed by atoms with Gasteiger partial charge in [-0.3, -0.25) is 0 Å². The maximum atomic E-state index is 13.1. The Kier molecular flexibility index (Phi) is 1.68. The van der Waals surface area contributed by atoms with E-state index < -0.39 is 0 Å². The first-order valence-corrected chi connectivity index (χ1v) is 4.41. The highest BCUT2D eigenvalue weighted by Gasteiger charge is 2.05. The second kappa shape index (κ2) is 2.59. The summed E-state index contributed by atoms with van der Waals surface area (Å²) >= 11 is 3.36. The molecule has 1 aromatic heterocycles. The van der Waals surface area contributed by atoms with E-state index in [0.717, 1.165) is 15.6 Å². The van der Waals surface area contributed by atoms with Gasteiger partial charge in [0, 0.05) is 15.6 Å². The summed E-state index contributed by atoms with van der Waals surface area (Å²) in [6.45, 7) is 1.91. The summed E-state index contributed by atoms with van der Waals surface area (Å²) in [4.78, 5) is 2.96. The summed E-state index contributed by atoms with van der Waals surface area (Å²) in [6, 6.07) is 5.08. The largest absolute Gasteiger partial charge is 0.356 e. The zero-order chi connectivity index (χ0) is 8.72. The van der Waals surface area contributed by atoms with Crippen molar-refractivity contribution in [1.29, 1.82) is 0 Å². The predicted molar refractivity (Wildman–Crippen MR) is 50.7 cm³/mol. The van der Waals surface area contributed by atoms with Crippen LogP contribution in [0.3, 0.4) is 0 Å². The highest BCUT2D eigenvalue weighted by Crippen LogP contribution is 2.26. The summed E-state index contributed by atoms with van der Waals surface area (Å²) in [7, 11) is 0. The molecule has 2 rings (SSSR count). The fourth-order valence-electron chi connectivity index (χ4n) is 1.29. The number of aromatic amines is 1. The number of hydrogen-bond acceptors (Lipinski definition) is 0. The number of rotatable bonds is 0. The minimum Gasteiger partial charge on any atom is -0.356 e. The minimum atomic E-state index is -0.207. The topological polar surface area (TPSA) is 15.8 Å². The van der Waals surface area contributed by atoms with Gasteiger partial charge < -0.3 is 4.98 Å². The smallest absolute Gasteiger partial charge is 0.147 e. The number of H-pyrrole nitrogens is 1. The average Bonchev–Trinajstić information content (AvgIpc) is 2.41. The van der Waals surface area contributed by atoms with Crippen molar-refractivity contribution in [3.8, 4) is 0 Å². The Balaban J connectivity index is 2.93. The van der Waals surface area contributed by atoms with Crippen molar-refractivity contribution in [2.24, 2.45) is 0 Å². The van der Waals surface area contributed by atoms with Crippen LogP contribution < -0.4 is 0 Å². The summed E-state index contributed by atoms with van der Waals surface area (Å²) in [5, 5.41) is 0.896. The van der Waals surface area contributed by atoms with Crippen LogP contribution in [0.5, 0.6) is 0 Å². The molecule has 0 bridgehead atoms. The van der Waals surface area contributed by atoms with E-state index in [-0.39, 0.29) is 5.82 Å². The monoisotopic (exact) mass is 227 g/mol. The van der Waals surface area contributed by atoms with Crippen LogP contribution >= 0.6 is 15.9 Å². The number of halogens is 2. The fourth-order valence-corrected chi connectivity index (χ4v) is 1.73. The molecule has 0 unspecified atom stereocenters. The second-order valence-electron chi connectivity index (χ2n) is 2.77. The molecule has 0 spiro atoms. The molecule has 0 aliphatic heterocycles. The van der Waals surface area contributed by atoms with Gasteiger partial charge in [0.15, 0.2) is 0 Å². The van der Waals surface area contributed by atoms with Gasteiger partial charge in [0.1, 0.15) is 5.82 Å². The Morgan fingerprint density at radius 3 is 2.83 bits per heavy atom. The van der Waals surface area contributed by atoms with Crippen molar-refractivity contribution in [3.05, 3.63) is 34.2 Å². The molecule has 62 valence electrons. The zero-order valence-corrected chi connectivity index (χ0v) is 8.07. The molecule has 0 fully saturated rings. The van der Waals surface area contributed by atoms with Crippen LogP contribution in [0.1, 0.15) is 5.69 Å². The number of fused-ring (bicyclic) bond motifs is 1. The van der Waals surface area contributed by atoms with Crippen molar-refractivity contribution in [3.63, 3.8) is 0 Å². The predicted octanol–water partition coefficient (Wildman–Crippen LogP) is 3.38. The molecule has 1 N–H and O–H groups in total. The molecular formula is C9H7BrFN. The standard InChI is InChI=1S/C9H7BrFN/c1-5-4-6-7(10)2-3-8(11)9(6)12-5/h2-4,12H,1H3. The lowest BCUT2D eigenvalue weighted by atomic mass is 10.2. The van der Waals surface area contributed by atoms with E-state index in [1.54, 1.807) is 6.07 Å². The van der Waals surface area contributed by atoms with E-state index in [9.17, 15) is 4.39 Å². The van der Waals surface area contributed by atoms with Crippen molar-refractivity contribution in [2.45, 2.75) is 6.92 Å². The summed E-state index contributed by atoms with van der Waals surface area (Å²) in [6.07, 6.45) is 0. The third-order valence-corrected chi connectivity index (χ3v) is 2.52. The molecule has 0 radical (unpaired) electrons.